The standard InChI is InChI=1S/C38H48Cl2N4O6/c1-5-49-37(47)26-12-14-28(15-13-26)50-38(43-16-8-9-17-43,44-24(2)22-48-23-25(44)3)35(45)19-27-18-32(40)33(20-31(27)39)41-36(46)30-21-42(4)34-11-7-6-10-29(30)34/h6-7,10-11,18,20-21,24-26,28H,5,8-9,12-17,19,22-23H2,1-4H3,(H,41,46)/t24-,25+,26-,28-,38?. The van der Waals surface area contributed by atoms with E-state index in [0.29, 0.717) is 80.4 Å². The summed E-state index contributed by atoms with van der Waals surface area (Å²) in [6.45, 7) is 8.72. The molecule has 0 radical (unpaired) electrons. The van der Waals surface area contributed by atoms with Gasteiger partial charge in [-0.05, 0) is 83.1 Å². The van der Waals surface area contributed by atoms with Crippen LogP contribution < -0.4 is 5.32 Å². The second kappa shape index (κ2) is 15.7. The molecule has 2 aliphatic heterocycles. The monoisotopic (exact) mass is 726 g/mol. The predicted molar refractivity (Wildman–Crippen MR) is 195 cm³/mol. The van der Waals surface area contributed by atoms with Crippen molar-refractivity contribution in [1.29, 1.82) is 0 Å². The average Bonchev–Trinajstić information content (AvgIpc) is 3.76. The number of aryl methyl sites for hydroxylation is 1. The number of nitrogens with zero attached hydrogens (tertiary/aromatic N) is 3. The van der Waals surface area contributed by atoms with Crippen LogP contribution in [-0.2, 0) is 37.3 Å². The fourth-order valence-electron chi connectivity index (χ4n) is 8.04. The van der Waals surface area contributed by atoms with Gasteiger partial charge in [0.1, 0.15) is 0 Å². The first-order valence-electron chi connectivity index (χ1n) is 17.9. The van der Waals surface area contributed by atoms with Crippen LogP contribution in [0, 0.1) is 5.92 Å². The number of carbonyl (C=O) groups is 3. The fourth-order valence-corrected chi connectivity index (χ4v) is 8.50. The van der Waals surface area contributed by atoms with E-state index >= 15 is 4.79 Å². The van der Waals surface area contributed by atoms with Gasteiger partial charge in [-0.25, -0.2) is 4.90 Å². The summed E-state index contributed by atoms with van der Waals surface area (Å²) in [6, 6.07) is 10.8. The number of halogens is 2. The molecule has 1 aromatic heterocycles. The fraction of sp³-hybridized carbons (Fsp3) is 0.553. The smallest absolute Gasteiger partial charge is 0.308 e. The van der Waals surface area contributed by atoms with Crippen molar-refractivity contribution in [2.24, 2.45) is 13.0 Å². The molecule has 3 aromatic rings. The number of hydrogen-bond acceptors (Lipinski definition) is 8. The zero-order valence-electron chi connectivity index (χ0n) is 29.4. The molecule has 1 N–H and O–H groups in total. The second-order valence-corrected chi connectivity index (χ2v) is 14.8. The van der Waals surface area contributed by atoms with Gasteiger partial charge >= 0.3 is 5.97 Å². The Morgan fingerprint density at radius 1 is 0.980 bits per heavy atom. The predicted octanol–water partition coefficient (Wildman–Crippen LogP) is 6.85. The van der Waals surface area contributed by atoms with Gasteiger partial charge in [0.2, 0.25) is 5.85 Å². The molecule has 0 spiro atoms. The number of Topliss-reactive ketones (excluding diaryl/α,β-unsaturated/α-hetero) is 1. The first-order chi connectivity index (χ1) is 24.0. The van der Waals surface area contributed by atoms with Crippen LogP contribution in [0.4, 0.5) is 5.69 Å². The number of morpholine rings is 1. The number of ether oxygens (including phenoxy) is 3. The van der Waals surface area contributed by atoms with E-state index < -0.39 is 5.85 Å². The summed E-state index contributed by atoms with van der Waals surface area (Å²) in [5.41, 5.74) is 2.38. The molecule has 1 unspecified atom stereocenters. The first-order valence-corrected chi connectivity index (χ1v) is 18.6. The molecule has 3 aliphatic rings. The van der Waals surface area contributed by atoms with E-state index in [4.69, 9.17) is 37.4 Å². The van der Waals surface area contributed by atoms with Gasteiger partial charge in [-0.3, -0.25) is 19.3 Å². The lowest BCUT2D eigenvalue weighted by Gasteiger charge is -2.55. The molecule has 12 heteroatoms. The van der Waals surface area contributed by atoms with E-state index in [2.05, 4.69) is 29.0 Å². The van der Waals surface area contributed by atoms with Crippen LogP contribution in [0.3, 0.4) is 0 Å². The Kier molecular flexibility index (Phi) is 11.6. The number of amides is 1. The Morgan fingerprint density at radius 3 is 2.34 bits per heavy atom. The van der Waals surface area contributed by atoms with Crippen molar-refractivity contribution in [2.75, 3.05) is 38.2 Å². The first kappa shape index (κ1) is 36.8. The van der Waals surface area contributed by atoms with E-state index in [-0.39, 0.29) is 53.2 Å². The molecule has 3 atom stereocenters. The Bertz CT molecular complexity index is 1710. The molecule has 1 saturated carbocycles. The highest BCUT2D eigenvalue weighted by molar-refractivity contribution is 6.36. The molecule has 3 fully saturated rings. The minimum absolute atomic E-state index is 0.0262. The van der Waals surface area contributed by atoms with Gasteiger partial charge in [0, 0.05) is 60.8 Å². The lowest BCUT2D eigenvalue weighted by Crippen LogP contribution is -2.73. The lowest BCUT2D eigenvalue weighted by molar-refractivity contribution is -0.285. The number of likely N-dealkylation sites (tertiary alicyclic amines) is 1. The Morgan fingerprint density at radius 2 is 1.66 bits per heavy atom. The number of aromatic nitrogens is 1. The van der Waals surface area contributed by atoms with Gasteiger partial charge in [-0.2, -0.15) is 0 Å². The molecule has 50 heavy (non-hydrogen) atoms. The lowest BCUT2D eigenvalue weighted by atomic mass is 9.87. The van der Waals surface area contributed by atoms with Crippen molar-refractivity contribution in [3.8, 4) is 0 Å². The number of hydrogen-bond donors (Lipinski definition) is 1. The summed E-state index contributed by atoms with van der Waals surface area (Å²) in [5.74, 6) is -2.12. The van der Waals surface area contributed by atoms with Crippen molar-refractivity contribution in [3.05, 3.63) is 63.8 Å². The highest BCUT2D eigenvalue weighted by Gasteiger charge is 2.56. The number of ketones is 1. The number of anilines is 1. The summed E-state index contributed by atoms with van der Waals surface area (Å²) in [6.07, 6.45) is 6.05. The number of esters is 1. The van der Waals surface area contributed by atoms with Gasteiger partial charge < -0.3 is 24.1 Å². The highest BCUT2D eigenvalue weighted by Crippen LogP contribution is 2.40. The van der Waals surface area contributed by atoms with Crippen LogP contribution in [-0.4, -0.2) is 89.0 Å². The Hall–Kier alpha value is -2.99. The number of fused-ring (bicyclic) bond motifs is 1. The SMILES string of the molecule is CCOC(=O)[C@H]1CC[C@H](OC(C(=O)Cc2cc(Cl)c(NC(=O)c3cn(C)c4ccccc34)cc2Cl)(N2CCCC2)N2[C@H](C)COC[C@@H]2C)CC1. The van der Waals surface area contributed by atoms with Gasteiger partial charge in [0.15, 0.2) is 5.78 Å². The number of benzene rings is 2. The highest BCUT2D eigenvalue weighted by atomic mass is 35.5. The van der Waals surface area contributed by atoms with E-state index in [9.17, 15) is 9.59 Å². The van der Waals surface area contributed by atoms with Crippen LogP contribution >= 0.6 is 23.2 Å². The molecule has 0 bridgehead atoms. The Labute approximate surface area is 304 Å². The van der Waals surface area contributed by atoms with E-state index in [1.165, 1.54) is 0 Å². The topological polar surface area (TPSA) is 102 Å². The van der Waals surface area contributed by atoms with Crippen molar-refractivity contribution in [2.45, 2.75) is 89.8 Å². The normalized spacial score (nSPS) is 24.6. The van der Waals surface area contributed by atoms with Crippen LogP contribution in [0.15, 0.2) is 42.6 Å². The van der Waals surface area contributed by atoms with Gasteiger partial charge in [-0.1, -0.05) is 41.4 Å². The molecular formula is C38H48Cl2N4O6. The van der Waals surface area contributed by atoms with Crippen molar-refractivity contribution in [1.82, 2.24) is 14.4 Å². The summed E-state index contributed by atoms with van der Waals surface area (Å²) < 4.78 is 20.3. The number of carbonyl (C=O) groups excluding carboxylic acids is 3. The van der Waals surface area contributed by atoms with Crippen LogP contribution in [0.5, 0.6) is 0 Å². The van der Waals surface area contributed by atoms with E-state index in [1.807, 2.05) is 42.8 Å². The largest absolute Gasteiger partial charge is 0.466 e. The maximum Gasteiger partial charge on any atom is 0.308 e. The van der Waals surface area contributed by atoms with Gasteiger partial charge in [-0.15, -0.1) is 0 Å². The third-order valence-electron chi connectivity index (χ3n) is 10.4. The van der Waals surface area contributed by atoms with Crippen LogP contribution in [0.25, 0.3) is 10.9 Å². The number of rotatable bonds is 11. The van der Waals surface area contributed by atoms with Crippen molar-refractivity contribution < 1.29 is 28.6 Å². The van der Waals surface area contributed by atoms with Crippen LogP contribution in [0.2, 0.25) is 10.0 Å². The third kappa shape index (κ3) is 7.34. The summed E-state index contributed by atoms with van der Waals surface area (Å²) in [7, 11) is 1.90. The minimum atomic E-state index is -1.36. The molecular weight excluding hydrogens is 679 g/mol. The maximum atomic E-state index is 15.1. The zero-order valence-corrected chi connectivity index (χ0v) is 30.9. The number of para-hydroxylation sites is 1. The average molecular weight is 728 g/mol. The molecule has 2 saturated heterocycles. The molecule has 2 aromatic carbocycles. The van der Waals surface area contributed by atoms with Crippen molar-refractivity contribution in [3.63, 3.8) is 0 Å². The molecule has 10 nitrogen and oxygen atoms in total. The molecule has 3 heterocycles. The third-order valence-corrected chi connectivity index (χ3v) is 11.1. The van der Waals surface area contributed by atoms with E-state index in [1.54, 1.807) is 18.3 Å². The molecule has 6 rings (SSSR count). The zero-order chi connectivity index (χ0) is 35.6. The van der Waals surface area contributed by atoms with Gasteiger partial charge in [0.25, 0.3) is 5.91 Å². The Balaban J connectivity index is 1.29. The minimum Gasteiger partial charge on any atom is -0.466 e. The van der Waals surface area contributed by atoms with Crippen LogP contribution in [0.1, 0.15) is 75.2 Å². The van der Waals surface area contributed by atoms with E-state index in [0.717, 1.165) is 23.7 Å². The second-order valence-electron chi connectivity index (χ2n) is 13.9. The number of nitrogens with one attached hydrogen (secondary N) is 1. The summed E-state index contributed by atoms with van der Waals surface area (Å²) in [4.78, 5) is 45.4. The molecule has 270 valence electrons. The molecule has 1 amide bonds. The molecule has 1 aliphatic carbocycles. The van der Waals surface area contributed by atoms with Crippen molar-refractivity contribution >= 4 is 57.5 Å². The quantitative estimate of drug-likeness (QED) is 0.214. The maximum absolute atomic E-state index is 15.1. The van der Waals surface area contributed by atoms with Gasteiger partial charge in [0.05, 0.1) is 48.1 Å². The summed E-state index contributed by atoms with van der Waals surface area (Å²) in [5, 5.41) is 4.36. The summed E-state index contributed by atoms with van der Waals surface area (Å²) >= 11 is 13.7.